The maximum absolute atomic E-state index is 11.3. The van der Waals surface area contributed by atoms with Gasteiger partial charge in [-0.05, 0) is 25.5 Å². The molecule has 0 unspecified atom stereocenters. The van der Waals surface area contributed by atoms with Crippen LogP contribution in [0.25, 0.3) is 0 Å². The minimum atomic E-state index is -0.340. The zero-order valence-corrected chi connectivity index (χ0v) is 11.8. The second-order valence-electron chi connectivity index (χ2n) is 4.08. The van der Waals surface area contributed by atoms with E-state index in [1.54, 1.807) is 11.9 Å². The summed E-state index contributed by atoms with van der Waals surface area (Å²) < 4.78 is 4.63. The number of likely N-dealkylation sites (N-methyl/N-ethyl adjacent to an activating group) is 1. The lowest BCUT2D eigenvalue weighted by Gasteiger charge is -2.21. The zero-order valence-electron chi connectivity index (χ0n) is 11.0. The highest BCUT2D eigenvalue weighted by atomic mass is 32.1. The Kier molecular flexibility index (Phi) is 4.61. The van der Waals surface area contributed by atoms with Gasteiger partial charge in [0.1, 0.15) is 17.4 Å². The third-order valence-electron chi connectivity index (χ3n) is 2.53. The highest BCUT2D eigenvalue weighted by molar-refractivity contribution is 7.80. The molecule has 18 heavy (non-hydrogen) atoms. The van der Waals surface area contributed by atoms with Crippen LogP contribution >= 0.6 is 12.2 Å². The monoisotopic (exact) mass is 267 g/mol. The lowest BCUT2D eigenvalue weighted by atomic mass is 10.1. The topological polar surface area (TPSA) is 68.5 Å². The van der Waals surface area contributed by atoms with Gasteiger partial charge in [0, 0.05) is 12.7 Å². The van der Waals surface area contributed by atoms with Crippen molar-refractivity contribution in [2.24, 2.45) is 5.73 Å². The Morgan fingerprint density at radius 3 is 2.67 bits per heavy atom. The average Bonchev–Trinajstić information content (AvgIpc) is 2.26. The number of anilines is 1. The molecular formula is C12H17N3O2S. The van der Waals surface area contributed by atoms with Crippen LogP contribution in [-0.2, 0) is 9.53 Å². The molecule has 0 saturated carbocycles. The molecule has 0 saturated heterocycles. The highest BCUT2D eigenvalue weighted by Gasteiger charge is 2.17. The number of rotatable bonds is 4. The van der Waals surface area contributed by atoms with E-state index in [4.69, 9.17) is 18.0 Å². The van der Waals surface area contributed by atoms with Crippen LogP contribution in [0.3, 0.4) is 0 Å². The first-order valence-electron chi connectivity index (χ1n) is 5.42. The van der Waals surface area contributed by atoms with E-state index in [0.29, 0.717) is 11.4 Å². The molecule has 0 aromatic carbocycles. The van der Waals surface area contributed by atoms with E-state index in [2.05, 4.69) is 9.72 Å². The third-order valence-corrected chi connectivity index (χ3v) is 2.73. The molecule has 1 heterocycles. The van der Waals surface area contributed by atoms with Crippen LogP contribution in [0, 0.1) is 13.8 Å². The van der Waals surface area contributed by atoms with Crippen LogP contribution in [0.5, 0.6) is 0 Å². The summed E-state index contributed by atoms with van der Waals surface area (Å²) in [5.41, 5.74) is 8.20. The van der Waals surface area contributed by atoms with Crippen LogP contribution in [0.15, 0.2) is 6.07 Å². The van der Waals surface area contributed by atoms with Gasteiger partial charge < -0.3 is 15.4 Å². The van der Waals surface area contributed by atoms with E-state index < -0.39 is 0 Å². The zero-order chi connectivity index (χ0) is 13.9. The quantitative estimate of drug-likeness (QED) is 0.647. The maximum Gasteiger partial charge on any atom is 0.325 e. The smallest absolute Gasteiger partial charge is 0.325 e. The van der Waals surface area contributed by atoms with Crippen molar-refractivity contribution >= 4 is 29.0 Å². The predicted molar refractivity (Wildman–Crippen MR) is 74.9 cm³/mol. The van der Waals surface area contributed by atoms with Gasteiger partial charge in [-0.15, -0.1) is 0 Å². The van der Waals surface area contributed by atoms with Gasteiger partial charge in [-0.2, -0.15) is 0 Å². The van der Waals surface area contributed by atoms with Crippen molar-refractivity contribution in [1.82, 2.24) is 4.98 Å². The number of thiocarbonyl (C=S) groups is 1. The summed E-state index contributed by atoms with van der Waals surface area (Å²) in [7, 11) is 3.10. The lowest BCUT2D eigenvalue weighted by Crippen LogP contribution is -2.30. The average molecular weight is 267 g/mol. The number of hydrogen-bond donors (Lipinski definition) is 1. The standard InChI is InChI=1S/C12H17N3O2S/c1-7-5-8(2)14-12(10(7)11(13)18)15(3)6-9(16)17-4/h5H,6H2,1-4H3,(H2,13,18). The number of pyridine rings is 1. The molecule has 0 atom stereocenters. The minimum absolute atomic E-state index is 0.0992. The number of ether oxygens (including phenoxy) is 1. The largest absolute Gasteiger partial charge is 0.468 e. The Morgan fingerprint density at radius 1 is 1.56 bits per heavy atom. The number of nitrogens with zero attached hydrogens (tertiary/aromatic N) is 2. The highest BCUT2D eigenvalue weighted by Crippen LogP contribution is 2.21. The number of esters is 1. The van der Waals surface area contributed by atoms with Crippen molar-refractivity contribution in [3.05, 3.63) is 22.9 Å². The lowest BCUT2D eigenvalue weighted by molar-refractivity contribution is -0.138. The molecule has 0 aliphatic rings. The summed E-state index contributed by atoms with van der Waals surface area (Å²) in [6.07, 6.45) is 0. The van der Waals surface area contributed by atoms with Gasteiger partial charge in [0.15, 0.2) is 0 Å². The van der Waals surface area contributed by atoms with Gasteiger partial charge in [0.05, 0.1) is 12.7 Å². The molecule has 5 nitrogen and oxygen atoms in total. The van der Waals surface area contributed by atoms with Gasteiger partial charge in [-0.1, -0.05) is 12.2 Å². The molecule has 0 amide bonds. The van der Waals surface area contributed by atoms with Gasteiger partial charge in [-0.25, -0.2) is 4.98 Å². The molecule has 98 valence electrons. The molecule has 1 aromatic heterocycles. The molecule has 0 radical (unpaired) electrons. The number of aryl methyl sites for hydroxylation is 2. The number of carbonyl (C=O) groups is 1. The van der Waals surface area contributed by atoms with E-state index >= 15 is 0 Å². The summed E-state index contributed by atoms with van der Waals surface area (Å²) in [5, 5.41) is 0. The minimum Gasteiger partial charge on any atom is -0.468 e. The Balaban J connectivity index is 3.21. The number of nitrogens with two attached hydrogens (primary N) is 1. The molecule has 0 aliphatic heterocycles. The fourth-order valence-electron chi connectivity index (χ4n) is 1.73. The van der Waals surface area contributed by atoms with E-state index in [9.17, 15) is 4.79 Å². The van der Waals surface area contributed by atoms with Crippen LogP contribution in [0.1, 0.15) is 16.8 Å². The van der Waals surface area contributed by atoms with Gasteiger partial charge >= 0.3 is 5.97 Å². The predicted octanol–water partition coefficient (Wildman–Crippen LogP) is 0.942. The summed E-state index contributed by atoms with van der Waals surface area (Å²) in [6, 6.07) is 1.91. The second kappa shape index (κ2) is 5.77. The summed E-state index contributed by atoms with van der Waals surface area (Å²) in [6.45, 7) is 3.90. The fourth-order valence-corrected chi connectivity index (χ4v) is 1.98. The van der Waals surface area contributed by atoms with Crippen molar-refractivity contribution in [3.8, 4) is 0 Å². The maximum atomic E-state index is 11.3. The molecule has 0 fully saturated rings. The number of hydrogen-bond acceptors (Lipinski definition) is 5. The third kappa shape index (κ3) is 3.16. The Labute approximate surface area is 112 Å². The van der Waals surface area contributed by atoms with Gasteiger partial charge in [0.2, 0.25) is 0 Å². The van der Waals surface area contributed by atoms with Gasteiger partial charge in [0.25, 0.3) is 0 Å². The van der Waals surface area contributed by atoms with E-state index in [-0.39, 0.29) is 17.5 Å². The second-order valence-corrected chi connectivity index (χ2v) is 4.52. The Hall–Kier alpha value is -1.69. The Bertz CT molecular complexity index is 488. The van der Waals surface area contributed by atoms with Gasteiger partial charge in [-0.3, -0.25) is 4.79 Å². The van der Waals surface area contributed by atoms with Crippen LogP contribution in [0.2, 0.25) is 0 Å². The van der Waals surface area contributed by atoms with E-state index in [0.717, 1.165) is 11.3 Å². The van der Waals surface area contributed by atoms with Crippen LogP contribution in [-0.4, -0.2) is 36.6 Å². The molecule has 6 heteroatoms. The van der Waals surface area contributed by atoms with Crippen molar-refractivity contribution < 1.29 is 9.53 Å². The van der Waals surface area contributed by atoms with Crippen molar-refractivity contribution in [3.63, 3.8) is 0 Å². The molecule has 0 spiro atoms. The van der Waals surface area contributed by atoms with Crippen molar-refractivity contribution in [2.45, 2.75) is 13.8 Å². The normalized spacial score (nSPS) is 10.0. The number of aromatic nitrogens is 1. The van der Waals surface area contributed by atoms with Crippen LogP contribution < -0.4 is 10.6 Å². The molecule has 1 rings (SSSR count). The molecule has 0 aliphatic carbocycles. The molecule has 2 N–H and O–H groups in total. The van der Waals surface area contributed by atoms with Crippen molar-refractivity contribution in [2.75, 3.05) is 25.6 Å². The first kappa shape index (κ1) is 14.4. The fraction of sp³-hybridized carbons (Fsp3) is 0.417. The first-order chi connectivity index (χ1) is 8.36. The number of carbonyl (C=O) groups excluding carboxylic acids is 1. The summed E-state index contributed by atoms with van der Waals surface area (Å²) in [4.78, 5) is 17.6. The van der Waals surface area contributed by atoms with E-state index in [1.165, 1.54) is 7.11 Å². The molecule has 1 aromatic rings. The van der Waals surface area contributed by atoms with E-state index in [1.807, 2.05) is 19.9 Å². The summed E-state index contributed by atoms with van der Waals surface area (Å²) in [5.74, 6) is 0.262. The molecule has 0 bridgehead atoms. The Morgan fingerprint density at radius 2 is 2.17 bits per heavy atom. The first-order valence-corrected chi connectivity index (χ1v) is 5.83. The number of methoxy groups -OCH3 is 1. The molecular weight excluding hydrogens is 250 g/mol. The van der Waals surface area contributed by atoms with Crippen LogP contribution in [0.4, 0.5) is 5.82 Å². The van der Waals surface area contributed by atoms with Crippen molar-refractivity contribution in [1.29, 1.82) is 0 Å². The SMILES string of the molecule is COC(=O)CN(C)c1nc(C)cc(C)c1C(N)=S. The summed E-state index contributed by atoms with van der Waals surface area (Å²) >= 11 is 5.04.